The van der Waals surface area contributed by atoms with Crippen molar-refractivity contribution in [3.8, 4) is 11.1 Å². The monoisotopic (exact) mass is 280 g/mol. The minimum absolute atomic E-state index is 0.0549. The highest BCUT2D eigenvalue weighted by Crippen LogP contribution is 2.28. The summed E-state index contributed by atoms with van der Waals surface area (Å²) in [6.07, 6.45) is 1.47. The Morgan fingerprint density at radius 3 is 2.58 bits per heavy atom. The van der Waals surface area contributed by atoms with Crippen LogP contribution in [0.25, 0.3) is 11.1 Å². The molecule has 1 aromatic carbocycles. The third-order valence-corrected chi connectivity index (χ3v) is 3.20. The maximum absolute atomic E-state index is 14.2. The number of carbonyl (C=O) groups is 1. The van der Waals surface area contributed by atoms with Crippen molar-refractivity contribution in [1.29, 1.82) is 0 Å². The van der Waals surface area contributed by atoms with Crippen LogP contribution in [0.5, 0.6) is 0 Å². The minimum atomic E-state index is -0.401. The van der Waals surface area contributed by atoms with E-state index in [1.807, 2.05) is 13.8 Å². The maximum atomic E-state index is 14.2. The average molecular weight is 281 g/mol. The Hall–Kier alpha value is -1.68. The second-order valence-corrected chi connectivity index (χ2v) is 5.05. The van der Waals surface area contributed by atoms with Crippen molar-refractivity contribution in [1.82, 2.24) is 9.78 Å². The van der Waals surface area contributed by atoms with Crippen molar-refractivity contribution in [2.24, 2.45) is 0 Å². The molecule has 3 nitrogen and oxygen atoms in total. The summed E-state index contributed by atoms with van der Waals surface area (Å²) in [4.78, 5) is 11.3. The molecule has 5 heteroatoms. The Kier molecular flexibility index (Phi) is 3.71. The molecular formula is C14H14ClFN2O. The lowest BCUT2D eigenvalue weighted by molar-refractivity contribution is 0.101. The fraction of sp³-hybridized carbons (Fsp3) is 0.286. The number of aromatic nitrogens is 2. The SMILES string of the molecule is CC(=O)c1ccc(-c2cnn(C(C)C)c2F)cc1Cl. The Balaban J connectivity index is 2.48. The Bertz CT molecular complexity index is 634. The normalized spacial score (nSPS) is 11.1. The first-order chi connectivity index (χ1) is 8.91. The van der Waals surface area contributed by atoms with Gasteiger partial charge in [-0.2, -0.15) is 9.49 Å². The zero-order chi connectivity index (χ0) is 14.2. The highest BCUT2D eigenvalue weighted by molar-refractivity contribution is 6.34. The summed E-state index contributed by atoms with van der Waals surface area (Å²) >= 11 is 6.03. The third-order valence-electron chi connectivity index (χ3n) is 2.88. The molecule has 100 valence electrons. The van der Waals surface area contributed by atoms with Crippen LogP contribution in [0, 0.1) is 5.95 Å². The first-order valence-corrected chi connectivity index (χ1v) is 6.33. The average Bonchev–Trinajstić information content (AvgIpc) is 2.70. The lowest BCUT2D eigenvalue weighted by Crippen LogP contribution is -2.05. The van der Waals surface area contributed by atoms with E-state index in [-0.39, 0.29) is 11.8 Å². The van der Waals surface area contributed by atoms with E-state index in [9.17, 15) is 9.18 Å². The number of ketones is 1. The zero-order valence-electron chi connectivity index (χ0n) is 10.9. The van der Waals surface area contributed by atoms with Gasteiger partial charge in [0.1, 0.15) is 0 Å². The predicted octanol–water partition coefficient (Wildman–Crippen LogP) is 4.13. The van der Waals surface area contributed by atoms with Crippen LogP contribution in [0.15, 0.2) is 24.4 Å². The number of nitrogens with zero attached hydrogens (tertiary/aromatic N) is 2. The second-order valence-electron chi connectivity index (χ2n) is 4.64. The Morgan fingerprint density at radius 1 is 1.42 bits per heavy atom. The van der Waals surface area contributed by atoms with Gasteiger partial charge in [0.15, 0.2) is 5.78 Å². The molecular weight excluding hydrogens is 267 g/mol. The number of rotatable bonds is 3. The largest absolute Gasteiger partial charge is 0.294 e. The van der Waals surface area contributed by atoms with Crippen LogP contribution >= 0.6 is 11.6 Å². The molecule has 0 aliphatic heterocycles. The molecule has 0 aliphatic rings. The van der Waals surface area contributed by atoms with Gasteiger partial charge in [0.05, 0.1) is 16.8 Å². The lowest BCUT2D eigenvalue weighted by Gasteiger charge is -2.06. The summed E-state index contributed by atoms with van der Waals surface area (Å²) in [5.41, 5.74) is 1.42. The first kappa shape index (κ1) is 13.7. The van der Waals surface area contributed by atoms with Crippen molar-refractivity contribution in [2.75, 3.05) is 0 Å². The van der Waals surface area contributed by atoms with E-state index in [0.29, 0.717) is 21.7 Å². The number of carbonyl (C=O) groups excluding carboxylic acids is 1. The van der Waals surface area contributed by atoms with Crippen LogP contribution in [0.3, 0.4) is 0 Å². The van der Waals surface area contributed by atoms with Crippen LogP contribution in [-0.4, -0.2) is 15.6 Å². The third kappa shape index (κ3) is 2.54. The molecule has 0 bridgehead atoms. The molecule has 1 heterocycles. The molecule has 0 unspecified atom stereocenters. The summed E-state index contributed by atoms with van der Waals surface area (Å²) in [6, 6.07) is 4.81. The molecule has 2 aromatic rings. The van der Waals surface area contributed by atoms with Gasteiger partial charge in [0, 0.05) is 11.6 Å². The van der Waals surface area contributed by atoms with Gasteiger partial charge in [0.25, 0.3) is 0 Å². The zero-order valence-corrected chi connectivity index (χ0v) is 11.7. The van der Waals surface area contributed by atoms with E-state index in [2.05, 4.69) is 5.10 Å². The standard InChI is InChI=1S/C14H14ClFN2O/c1-8(2)18-14(16)12(7-17-18)10-4-5-11(9(3)19)13(15)6-10/h4-8H,1-3H3. The van der Waals surface area contributed by atoms with Gasteiger partial charge < -0.3 is 0 Å². The molecule has 0 saturated heterocycles. The number of Topliss-reactive ketones (excluding diaryl/α,β-unsaturated/α-hetero) is 1. The van der Waals surface area contributed by atoms with E-state index >= 15 is 0 Å². The van der Waals surface area contributed by atoms with Gasteiger partial charge in [-0.1, -0.05) is 17.7 Å². The van der Waals surface area contributed by atoms with Gasteiger partial charge >= 0.3 is 0 Å². The van der Waals surface area contributed by atoms with Crippen LogP contribution < -0.4 is 0 Å². The molecule has 0 N–H and O–H groups in total. The van der Waals surface area contributed by atoms with E-state index in [4.69, 9.17) is 11.6 Å². The summed E-state index contributed by atoms with van der Waals surface area (Å²) in [5, 5.41) is 4.33. The van der Waals surface area contributed by atoms with Crippen LogP contribution in [0.1, 0.15) is 37.2 Å². The Morgan fingerprint density at radius 2 is 2.11 bits per heavy atom. The molecule has 0 aliphatic carbocycles. The summed E-state index contributed by atoms with van der Waals surface area (Å²) in [6.45, 7) is 5.15. The minimum Gasteiger partial charge on any atom is -0.294 e. The number of benzene rings is 1. The predicted molar refractivity (Wildman–Crippen MR) is 73.0 cm³/mol. The van der Waals surface area contributed by atoms with Gasteiger partial charge in [-0.25, -0.2) is 4.68 Å². The van der Waals surface area contributed by atoms with E-state index in [0.717, 1.165) is 0 Å². The van der Waals surface area contributed by atoms with E-state index in [1.54, 1.807) is 18.2 Å². The van der Waals surface area contributed by atoms with Crippen LogP contribution in [0.2, 0.25) is 5.02 Å². The Labute approximate surface area is 116 Å². The summed E-state index contributed by atoms with van der Waals surface area (Å²) in [5.74, 6) is -0.517. The highest BCUT2D eigenvalue weighted by Gasteiger charge is 2.15. The molecule has 0 fully saturated rings. The van der Waals surface area contributed by atoms with Gasteiger partial charge in [-0.05, 0) is 38.5 Å². The molecule has 0 amide bonds. The van der Waals surface area contributed by atoms with Gasteiger partial charge in [-0.15, -0.1) is 0 Å². The topological polar surface area (TPSA) is 34.9 Å². The lowest BCUT2D eigenvalue weighted by atomic mass is 10.1. The summed E-state index contributed by atoms with van der Waals surface area (Å²) in [7, 11) is 0. The van der Waals surface area contributed by atoms with Crippen molar-refractivity contribution < 1.29 is 9.18 Å². The fourth-order valence-corrected chi connectivity index (χ4v) is 2.18. The summed E-state index contributed by atoms with van der Waals surface area (Å²) < 4.78 is 15.5. The van der Waals surface area contributed by atoms with Crippen molar-refractivity contribution in [3.05, 3.63) is 40.9 Å². The molecule has 1 aromatic heterocycles. The molecule has 0 radical (unpaired) electrons. The van der Waals surface area contributed by atoms with Gasteiger partial charge in [0.2, 0.25) is 5.95 Å². The number of halogens is 2. The smallest absolute Gasteiger partial charge is 0.219 e. The highest BCUT2D eigenvalue weighted by atomic mass is 35.5. The molecule has 0 spiro atoms. The second kappa shape index (κ2) is 5.13. The molecule has 0 atom stereocenters. The van der Waals surface area contributed by atoms with Gasteiger partial charge in [-0.3, -0.25) is 4.79 Å². The van der Waals surface area contributed by atoms with Crippen molar-refractivity contribution in [2.45, 2.75) is 26.8 Å². The molecule has 0 saturated carbocycles. The van der Waals surface area contributed by atoms with Crippen LogP contribution in [0.4, 0.5) is 4.39 Å². The number of hydrogen-bond acceptors (Lipinski definition) is 2. The maximum Gasteiger partial charge on any atom is 0.219 e. The van der Waals surface area contributed by atoms with Crippen molar-refractivity contribution >= 4 is 17.4 Å². The number of hydrogen-bond donors (Lipinski definition) is 0. The fourth-order valence-electron chi connectivity index (χ4n) is 1.87. The molecule has 19 heavy (non-hydrogen) atoms. The van der Waals surface area contributed by atoms with E-state index in [1.165, 1.54) is 17.8 Å². The van der Waals surface area contributed by atoms with Crippen LogP contribution in [-0.2, 0) is 0 Å². The first-order valence-electron chi connectivity index (χ1n) is 5.95. The van der Waals surface area contributed by atoms with E-state index < -0.39 is 5.95 Å². The quantitative estimate of drug-likeness (QED) is 0.793. The molecule has 2 rings (SSSR count). The van der Waals surface area contributed by atoms with Crippen molar-refractivity contribution in [3.63, 3.8) is 0 Å².